The van der Waals surface area contributed by atoms with Gasteiger partial charge in [0.1, 0.15) is 0 Å². The topological polar surface area (TPSA) is 3.24 Å². The van der Waals surface area contributed by atoms with Crippen LogP contribution in [0.2, 0.25) is 0 Å². The monoisotopic (exact) mass is 3140 g/mol. The summed E-state index contributed by atoms with van der Waals surface area (Å²) in [6.45, 7) is 5.01. The number of fused-ring (bicyclic) bond motifs is 6. The van der Waals surface area contributed by atoms with Gasteiger partial charge in [0.2, 0.25) is 0 Å². The van der Waals surface area contributed by atoms with Gasteiger partial charge in [0.25, 0.3) is 0 Å². The van der Waals surface area contributed by atoms with Crippen molar-refractivity contribution in [3.63, 3.8) is 0 Å². The van der Waals surface area contributed by atoms with Crippen LogP contribution in [-0.4, -0.2) is 7.05 Å². The van der Waals surface area contributed by atoms with Gasteiger partial charge in [0.15, 0.2) is 0 Å². The Morgan fingerprint density at radius 1 is 0.357 bits per heavy atom. The summed E-state index contributed by atoms with van der Waals surface area (Å²) < 4.78 is 30.2. The predicted octanol–water partition coefficient (Wildman–Crippen LogP) is -4.31. The van der Waals surface area contributed by atoms with Crippen molar-refractivity contribution in [1.29, 1.82) is 0 Å². The Kier molecular flexibility index (Phi) is 21.8. The summed E-state index contributed by atoms with van der Waals surface area (Å²) in [6.07, 6.45) is 0. The molecule has 1 nitrogen and oxygen atoms in total. The van der Waals surface area contributed by atoms with E-state index in [2.05, 4.69) is 48.5 Å². The van der Waals surface area contributed by atoms with Crippen molar-refractivity contribution in [2.75, 3.05) is 11.9 Å². The summed E-state index contributed by atoms with van der Waals surface area (Å²) in [6, 6.07) is 0. The van der Waals surface area contributed by atoms with E-state index in [4.69, 9.17) is 0 Å². The third-order valence-electron chi connectivity index (χ3n) is 11.3. The van der Waals surface area contributed by atoms with Gasteiger partial charge in [-0.2, -0.15) is 0 Å². The maximum atomic E-state index is 2.91. The summed E-state index contributed by atoms with van der Waals surface area (Å²) >= 11 is 9.27. The van der Waals surface area contributed by atoms with Crippen molar-refractivity contribution in [3.8, 4) is 0 Å². The first-order valence-electron chi connectivity index (χ1n) is 15.2. The van der Waals surface area contributed by atoms with E-state index in [1.54, 1.807) is 31.9 Å². The molecule has 0 amide bonds. The zero-order chi connectivity index (χ0) is 30.8. The normalized spacial score (nSPS) is 11.6. The molecule has 0 unspecified atom stereocenters. The first kappa shape index (κ1) is 46.2. The fraction of sp³-hybridized carbons (Fsp3) is 0.111. The minimum absolute atomic E-state index is 0.307. The van der Waals surface area contributed by atoms with Crippen LogP contribution >= 0.6 is 22.7 Å². The summed E-state index contributed by atoms with van der Waals surface area (Å²) in [7, 11) is 2.56. The van der Waals surface area contributed by atoms with E-state index in [9.17, 15) is 0 Å². The molecule has 2 aromatic heterocycles. The fourth-order valence-corrected chi connectivity index (χ4v) is 91.9. The van der Waals surface area contributed by atoms with Crippen LogP contribution in [0.1, 0.15) is 11.1 Å². The van der Waals surface area contributed by atoms with Crippen molar-refractivity contribution in [1.82, 2.24) is 0 Å². The number of hydrogen-bond acceptors (Lipinski definition) is 3. The first-order chi connectivity index (χ1) is 19.6. The predicted molar refractivity (Wildman–Crippen MR) is 149 cm³/mol. The molecular weight excluding hydrogens is 3110 g/mol. The van der Waals surface area contributed by atoms with Crippen LogP contribution in [0.4, 0.5) is 11.4 Å². The number of rotatable bonds is 2. The molecule has 0 aliphatic rings. The minimum atomic E-state index is 0.307. The average Bonchev–Trinajstić information content (AvgIpc) is 3.56. The van der Waals surface area contributed by atoms with Crippen molar-refractivity contribution in [3.05, 3.63) is 11.1 Å². The van der Waals surface area contributed by atoms with Crippen molar-refractivity contribution >= 4 is 81.6 Å². The molecule has 2 heterocycles. The van der Waals surface area contributed by atoms with E-state index >= 15 is 0 Å². The van der Waals surface area contributed by atoms with Gasteiger partial charge in [-0.1, -0.05) is 0 Å². The quantitative estimate of drug-likeness (QED) is 0.170. The summed E-state index contributed by atoms with van der Waals surface area (Å²) in [4.78, 5) is 2.91. The van der Waals surface area contributed by atoms with Crippen LogP contribution in [0.15, 0.2) is 0 Å². The molecule has 6 aromatic rings. The first-order valence-corrected chi connectivity index (χ1v) is 66.2. The molecule has 4 aromatic carbocycles. The van der Waals surface area contributed by atoms with Gasteiger partial charge in [-0.25, -0.2) is 0 Å². The molecule has 0 aliphatic carbocycles. The molecule has 6 rings (SSSR count). The zero-order valence-electron chi connectivity index (χ0n) is 28.3. The zero-order valence-corrected chi connectivity index (χ0v) is 129. The molecule has 15 heteroatoms. The van der Waals surface area contributed by atoms with E-state index in [0.29, 0.717) is 514 Å². The molecule has 0 fully saturated rings. The molecule has 0 atom stereocenters. The number of nitrogens with zero attached hydrogens (tertiary/aromatic N) is 1. The van der Waals surface area contributed by atoms with Gasteiger partial charge in [0.05, 0.1) is 0 Å². The average molecular weight is 3140 g/mol. The molecule has 0 radical (unpaired) electrons. The Morgan fingerprint density at radius 3 is 0.929 bits per heavy atom. The second-order valence-corrected chi connectivity index (χ2v) is 64.4. The Bertz CT molecular complexity index is 2060. The fourth-order valence-electron chi connectivity index (χ4n) is 7.82. The van der Waals surface area contributed by atoms with Crippen LogP contribution in [-0.2, 0) is 0 Å². The van der Waals surface area contributed by atoms with Crippen molar-refractivity contribution in [2.45, 2.75) is 13.8 Å². The Morgan fingerprint density at radius 2 is 0.619 bits per heavy atom. The molecule has 0 saturated heterocycles. The summed E-state index contributed by atoms with van der Waals surface area (Å²) in [5.41, 5.74) is 7.18. The standard InChI is InChI=1S/C27H9NS2.12Ra.12H/c1-16-4-8-20-22-10-6-18(14-26(22)29-24(20)12-16)28(3)19-7-11-23-21-9-5-17(2)13-25(21)30-27(23)15-19;;;;;;;;;;;;;;;;;;;;;;;;/h1-3H3;;;;;;;;;;;;;;;;;;;;;;;;. The van der Waals surface area contributed by atoms with Gasteiger partial charge in [-0.05, 0) is 0 Å². The summed E-state index contributed by atoms with van der Waals surface area (Å²) in [5, 5.41) is 7.48. The van der Waals surface area contributed by atoms with Gasteiger partial charge >= 0.3 is 632 Å². The van der Waals surface area contributed by atoms with E-state index in [0.717, 1.165) is 0 Å². The molecule has 0 spiro atoms. The third kappa shape index (κ3) is 8.70. The molecule has 170 valence electrons. The second-order valence-electron chi connectivity index (χ2n) is 13.0. The van der Waals surface area contributed by atoms with E-state index < -0.39 is 0 Å². The number of anilines is 2. The maximum absolute atomic E-state index is 2.91. The SMILES string of the molecule is Cc1[c]([RaH])[c]([RaH])c2c(sc3[c]([RaH])c(N(C)c4[c]([RaH])[c]([RaH])c5c(sc6[c]([RaH])c(C)[c]([RaH])[c]([RaH])c65)[c]4[RaH])[c]([RaH])[c]([RaH])c32)[c]1[RaH]. The van der Waals surface area contributed by atoms with Gasteiger partial charge < -0.3 is 0 Å². The number of thiophene rings is 2. The molecular formula is C27H21NRa12S2. The Balaban J connectivity index is 1.69. The van der Waals surface area contributed by atoms with Crippen LogP contribution in [0.25, 0.3) is 40.3 Å². The molecule has 0 aliphatic heterocycles. The van der Waals surface area contributed by atoms with Crippen LogP contribution < -0.4 is 12.2 Å². The van der Waals surface area contributed by atoms with Gasteiger partial charge in [0, 0.05) is 0 Å². The van der Waals surface area contributed by atoms with Crippen LogP contribution in [0, 0.1) is 527 Å². The number of hydrogen-bond donors (Lipinski definition) is 0. The van der Waals surface area contributed by atoms with Crippen molar-refractivity contribution < 1.29 is 514 Å². The summed E-state index contributed by atoms with van der Waals surface area (Å²) in [5.74, 6) is 0. The van der Waals surface area contributed by atoms with E-state index in [1.165, 1.54) is 0 Å². The van der Waals surface area contributed by atoms with Gasteiger partial charge in [-0.3, -0.25) is 0 Å². The third-order valence-corrected chi connectivity index (χ3v) is 149. The second kappa shape index (κ2) is 19.8. The number of benzene rings is 4. The van der Waals surface area contributed by atoms with Crippen LogP contribution in [0.3, 0.4) is 0 Å². The van der Waals surface area contributed by atoms with Crippen molar-refractivity contribution in [2.24, 2.45) is 0 Å². The molecule has 0 bridgehead atoms. The Hall–Kier alpha value is 14.7. The Labute approximate surface area is 607 Å². The molecule has 42 heavy (non-hydrogen) atoms. The molecule has 0 N–H and O–H groups in total. The van der Waals surface area contributed by atoms with Gasteiger partial charge in [-0.15, -0.1) is 0 Å². The van der Waals surface area contributed by atoms with Crippen LogP contribution in [0.5, 0.6) is 0 Å². The molecule has 0 saturated carbocycles. The van der Waals surface area contributed by atoms with E-state index in [1.807, 2.05) is 38.2 Å². The van der Waals surface area contributed by atoms with E-state index in [-0.39, 0.29) is 0 Å².